The van der Waals surface area contributed by atoms with Gasteiger partial charge in [0.1, 0.15) is 5.75 Å². The third kappa shape index (κ3) is 3.56. The van der Waals surface area contributed by atoms with E-state index >= 15 is 0 Å². The van der Waals surface area contributed by atoms with Crippen molar-refractivity contribution in [3.05, 3.63) is 41.0 Å². The van der Waals surface area contributed by atoms with E-state index < -0.39 is 0 Å². The van der Waals surface area contributed by atoms with Crippen LogP contribution < -0.4 is 4.74 Å². The van der Waals surface area contributed by atoms with E-state index in [1.54, 1.807) is 0 Å². The number of rotatable bonds is 5. The number of ether oxygens (including phenoxy) is 1. The van der Waals surface area contributed by atoms with Gasteiger partial charge in [0.25, 0.3) is 0 Å². The lowest BCUT2D eigenvalue weighted by Gasteiger charge is -2.24. The smallest absolute Gasteiger partial charge is 0.128 e. The van der Waals surface area contributed by atoms with Crippen LogP contribution in [0.4, 0.5) is 0 Å². The van der Waals surface area contributed by atoms with Crippen molar-refractivity contribution in [1.82, 2.24) is 0 Å². The van der Waals surface area contributed by atoms with Gasteiger partial charge in [-0.05, 0) is 62.1 Å². The predicted octanol–water partition coefficient (Wildman–Crippen LogP) is 6.96. The molecule has 122 valence electrons. The Morgan fingerprint density at radius 2 is 1.48 bits per heavy atom. The Morgan fingerprint density at radius 1 is 0.826 bits per heavy atom. The lowest BCUT2D eigenvalue weighted by Crippen LogP contribution is -2.03. The maximum absolute atomic E-state index is 6.21. The monoisotopic (exact) mass is 344 g/mol. The molecule has 0 atom stereocenters. The molecule has 3 heteroatoms. The van der Waals surface area contributed by atoms with Crippen molar-refractivity contribution in [3.8, 4) is 16.9 Å². The lowest BCUT2D eigenvalue weighted by molar-refractivity contribution is 0.306. The Hall–Kier alpha value is -1.06. The molecule has 0 saturated heterocycles. The Morgan fingerprint density at radius 3 is 2.17 bits per heavy atom. The highest BCUT2D eigenvalue weighted by Crippen LogP contribution is 2.55. The van der Waals surface area contributed by atoms with E-state index in [2.05, 4.69) is 52.0 Å². The van der Waals surface area contributed by atoms with Gasteiger partial charge in [0.15, 0.2) is 0 Å². The molecule has 0 unspecified atom stereocenters. The average Bonchev–Trinajstić information content (AvgIpc) is 2.50. The molecule has 3 rings (SSSR count). The van der Waals surface area contributed by atoms with E-state index in [1.807, 2.05) is 21.6 Å². The van der Waals surface area contributed by atoms with E-state index in [1.165, 1.54) is 50.4 Å². The first kappa shape index (κ1) is 16.8. The maximum Gasteiger partial charge on any atom is 0.128 e. The molecular weight excluding hydrogens is 320 g/mol. The summed E-state index contributed by atoms with van der Waals surface area (Å²) >= 11 is 0. The van der Waals surface area contributed by atoms with Gasteiger partial charge in [-0.3, -0.25) is 0 Å². The molecule has 2 aromatic rings. The van der Waals surface area contributed by atoms with Gasteiger partial charge in [0.05, 0.1) is 6.61 Å². The summed E-state index contributed by atoms with van der Waals surface area (Å²) in [6, 6.07) is 9.06. The van der Waals surface area contributed by atoms with Crippen LogP contribution in [0.3, 0.4) is 0 Å². The number of benzene rings is 2. The highest BCUT2D eigenvalue weighted by molar-refractivity contribution is 8.76. The third-order valence-corrected chi connectivity index (χ3v) is 6.54. The molecule has 0 amide bonds. The van der Waals surface area contributed by atoms with Gasteiger partial charge in [-0.2, -0.15) is 0 Å². The van der Waals surface area contributed by atoms with Gasteiger partial charge >= 0.3 is 0 Å². The standard InChI is InChI=1S/C20H24OS2/c1-5-6-7-8-21-16-10-14(3)12-18-20(16)19-15(4)9-13(2)11-17(19)22-23-18/h9-12H,5-8H2,1-4H3. The summed E-state index contributed by atoms with van der Waals surface area (Å²) < 4.78 is 6.21. The number of aryl methyl sites for hydroxylation is 3. The summed E-state index contributed by atoms with van der Waals surface area (Å²) in [6.45, 7) is 9.58. The molecule has 0 radical (unpaired) electrons. The second-order valence-electron chi connectivity index (χ2n) is 6.31. The molecule has 1 aliphatic heterocycles. The minimum Gasteiger partial charge on any atom is -0.493 e. The van der Waals surface area contributed by atoms with Crippen LogP contribution in [0.15, 0.2) is 34.1 Å². The SMILES string of the molecule is CCCCCOc1cc(C)cc2c1-c1c(C)cc(C)cc1SS2. The van der Waals surface area contributed by atoms with Gasteiger partial charge in [0.2, 0.25) is 0 Å². The van der Waals surface area contributed by atoms with Crippen LogP contribution in [0.2, 0.25) is 0 Å². The molecule has 0 saturated carbocycles. The third-order valence-electron chi connectivity index (χ3n) is 4.13. The van der Waals surface area contributed by atoms with E-state index in [0.29, 0.717) is 0 Å². The average molecular weight is 345 g/mol. The van der Waals surface area contributed by atoms with Crippen LogP contribution in [-0.4, -0.2) is 6.61 Å². The fraction of sp³-hybridized carbons (Fsp3) is 0.400. The van der Waals surface area contributed by atoms with Gasteiger partial charge in [-0.15, -0.1) is 0 Å². The van der Waals surface area contributed by atoms with E-state index in [4.69, 9.17) is 4.74 Å². The van der Waals surface area contributed by atoms with Crippen LogP contribution >= 0.6 is 21.6 Å². The Bertz CT molecular complexity index is 722. The number of hydrogen-bond acceptors (Lipinski definition) is 3. The molecule has 0 fully saturated rings. The molecular formula is C20H24OS2. The largest absolute Gasteiger partial charge is 0.493 e. The zero-order valence-corrected chi connectivity index (χ0v) is 16.0. The van der Waals surface area contributed by atoms with Crippen LogP contribution in [0.25, 0.3) is 11.1 Å². The minimum absolute atomic E-state index is 0.807. The first-order valence-corrected chi connectivity index (χ1v) is 10.5. The Balaban J connectivity index is 2.04. The van der Waals surface area contributed by atoms with Crippen molar-refractivity contribution in [2.24, 2.45) is 0 Å². The number of unbranched alkanes of at least 4 members (excludes halogenated alkanes) is 2. The molecule has 2 aromatic carbocycles. The first-order chi connectivity index (χ1) is 11.1. The summed E-state index contributed by atoms with van der Waals surface area (Å²) in [5.74, 6) is 1.05. The molecule has 0 aliphatic carbocycles. The zero-order chi connectivity index (χ0) is 16.4. The number of fused-ring (bicyclic) bond motifs is 3. The molecule has 0 bridgehead atoms. The minimum atomic E-state index is 0.807. The van der Waals surface area contributed by atoms with Crippen molar-refractivity contribution < 1.29 is 4.74 Å². The van der Waals surface area contributed by atoms with Crippen molar-refractivity contribution in [1.29, 1.82) is 0 Å². The molecule has 1 nitrogen and oxygen atoms in total. The van der Waals surface area contributed by atoms with E-state index in [0.717, 1.165) is 18.8 Å². The van der Waals surface area contributed by atoms with Gasteiger partial charge < -0.3 is 4.74 Å². The van der Waals surface area contributed by atoms with Crippen LogP contribution in [-0.2, 0) is 0 Å². The number of hydrogen-bond donors (Lipinski definition) is 0. The highest BCUT2D eigenvalue weighted by atomic mass is 33.1. The van der Waals surface area contributed by atoms with Gasteiger partial charge in [-0.1, -0.05) is 47.4 Å². The highest BCUT2D eigenvalue weighted by Gasteiger charge is 2.24. The maximum atomic E-state index is 6.21. The van der Waals surface area contributed by atoms with E-state index in [9.17, 15) is 0 Å². The molecule has 23 heavy (non-hydrogen) atoms. The van der Waals surface area contributed by atoms with Crippen LogP contribution in [0, 0.1) is 20.8 Å². The zero-order valence-electron chi connectivity index (χ0n) is 14.4. The second kappa shape index (κ2) is 7.23. The molecule has 0 aromatic heterocycles. The quantitative estimate of drug-likeness (QED) is 0.428. The molecule has 1 heterocycles. The lowest BCUT2D eigenvalue weighted by atomic mass is 9.96. The molecule has 0 N–H and O–H groups in total. The van der Waals surface area contributed by atoms with Crippen molar-refractivity contribution in [2.45, 2.75) is 56.7 Å². The van der Waals surface area contributed by atoms with Gasteiger partial charge in [-0.25, -0.2) is 0 Å². The normalized spacial score (nSPS) is 12.7. The molecule has 0 spiro atoms. The Kier molecular flexibility index (Phi) is 5.27. The predicted molar refractivity (Wildman–Crippen MR) is 103 cm³/mol. The Labute approximate surface area is 147 Å². The summed E-state index contributed by atoms with van der Waals surface area (Å²) in [7, 11) is 3.73. The van der Waals surface area contributed by atoms with Crippen molar-refractivity contribution in [3.63, 3.8) is 0 Å². The van der Waals surface area contributed by atoms with Crippen molar-refractivity contribution in [2.75, 3.05) is 6.61 Å². The van der Waals surface area contributed by atoms with Crippen LogP contribution in [0.1, 0.15) is 42.9 Å². The topological polar surface area (TPSA) is 9.23 Å². The summed E-state index contributed by atoms with van der Waals surface area (Å²) in [4.78, 5) is 2.70. The van der Waals surface area contributed by atoms with E-state index in [-0.39, 0.29) is 0 Å². The summed E-state index contributed by atoms with van der Waals surface area (Å²) in [6.07, 6.45) is 3.58. The molecule has 1 aliphatic rings. The summed E-state index contributed by atoms with van der Waals surface area (Å²) in [5.41, 5.74) is 6.60. The fourth-order valence-electron chi connectivity index (χ4n) is 3.09. The fourth-order valence-corrected chi connectivity index (χ4v) is 5.69. The van der Waals surface area contributed by atoms with Gasteiger partial charge in [0, 0.05) is 20.9 Å². The second-order valence-corrected chi connectivity index (χ2v) is 8.53. The van der Waals surface area contributed by atoms with Crippen LogP contribution in [0.5, 0.6) is 5.75 Å². The first-order valence-electron chi connectivity index (χ1n) is 8.33. The summed E-state index contributed by atoms with van der Waals surface area (Å²) in [5, 5.41) is 0. The van der Waals surface area contributed by atoms with Crippen molar-refractivity contribution >= 4 is 21.6 Å².